The zero-order chi connectivity index (χ0) is 16.6. The molecule has 0 spiro atoms. The summed E-state index contributed by atoms with van der Waals surface area (Å²) in [4.78, 5) is 0. The lowest BCUT2D eigenvalue weighted by Crippen LogP contribution is -2.15. The molecule has 1 N–H and O–H groups in total. The summed E-state index contributed by atoms with van der Waals surface area (Å²) in [6, 6.07) is 20.4. The Hall–Kier alpha value is -3.14. The number of anilines is 1. The molecule has 1 aromatic heterocycles. The first-order valence-corrected chi connectivity index (χ1v) is 8.40. The summed E-state index contributed by atoms with van der Waals surface area (Å²) >= 11 is 0. The van der Waals surface area contributed by atoms with Gasteiger partial charge in [-0.3, -0.25) is 0 Å². The second kappa shape index (κ2) is 6.64. The van der Waals surface area contributed by atoms with Crippen LogP contribution < -0.4 is 14.8 Å². The van der Waals surface area contributed by atoms with E-state index in [9.17, 15) is 0 Å². The first-order valence-electron chi connectivity index (χ1n) is 8.40. The van der Waals surface area contributed by atoms with Crippen molar-refractivity contribution < 1.29 is 13.9 Å². The predicted molar refractivity (Wildman–Crippen MR) is 105 cm³/mol. The maximum absolute atomic E-state index is 5.87. The minimum Gasteiger partial charge on any atom is -0.486 e. The van der Waals surface area contributed by atoms with Crippen LogP contribution in [0, 0.1) is 0 Å². The van der Waals surface area contributed by atoms with Crippen LogP contribution in [0.15, 0.2) is 65.1 Å². The van der Waals surface area contributed by atoms with E-state index in [1.165, 1.54) is 0 Å². The lowest BCUT2D eigenvalue weighted by Gasteiger charge is -2.19. The SMILES string of the molecule is C.c1ccc2c(c1)oc1ccc(NCc3ccc4c(c3)OCCO4)cc12. The van der Waals surface area contributed by atoms with Gasteiger partial charge in [-0.15, -0.1) is 0 Å². The Bertz CT molecular complexity index is 1070. The maximum atomic E-state index is 5.87. The van der Waals surface area contributed by atoms with Gasteiger partial charge < -0.3 is 19.2 Å². The first kappa shape index (κ1) is 16.3. The Labute approximate surface area is 152 Å². The molecule has 0 saturated heterocycles. The summed E-state index contributed by atoms with van der Waals surface area (Å²) in [5, 5.41) is 5.74. The molecule has 132 valence electrons. The minimum atomic E-state index is 0. The molecule has 0 aliphatic carbocycles. The van der Waals surface area contributed by atoms with E-state index in [1.807, 2.05) is 42.5 Å². The van der Waals surface area contributed by atoms with E-state index in [2.05, 4.69) is 23.5 Å². The third-order valence-corrected chi connectivity index (χ3v) is 4.48. The van der Waals surface area contributed by atoms with Gasteiger partial charge in [-0.2, -0.15) is 0 Å². The predicted octanol–water partition coefficient (Wildman–Crippen LogP) is 5.61. The molecule has 0 radical (unpaired) electrons. The van der Waals surface area contributed by atoms with Crippen molar-refractivity contribution in [3.63, 3.8) is 0 Å². The number of hydrogen-bond acceptors (Lipinski definition) is 4. The third-order valence-electron chi connectivity index (χ3n) is 4.48. The number of para-hydroxylation sites is 1. The van der Waals surface area contributed by atoms with Crippen LogP contribution >= 0.6 is 0 Å². The van der Waals surface area contributed by atoms with Crippen LogP contribution in [0.3, 0.4) is 0 Å². The van der Waals surface area contributed by atoms with Crippen LogP contribution in [-0.4, -0.2) is 13.2 Å². The number of furan rings is 1. The van der Waals surface area contributed by atoms with Crippen molar-refractivity contribution in [1.29, 1.82) is 0 Å². The number of fused-ring (bicyclic) bond motifs is 4. The van der Waals surface area contributed by atoms with E-state index in [1.54, 1.807) is 0 Å². The highest BCUT2D eigenvalue weighted by atomic mass is 16.6. The minimum absolute atomic E-state index is 0. The first-order chi connectivity index (χ1) is 12.4. The highest BCUT2D eigenvalue weighted by molar-refractivity contribution is 6.05. The Morgan fingerprint density at radius 3 is 2.50 bits per heavy atom. The Balaban J connectivity index is 0.00000168. The van der Waals surface area contributed by atoms with E-state index >= 15 is 0 Å². The smallest absolute Gasteiger partial charge is 0.161 e. The number of rotatable bonds is 3. The summed E-state index contributed by atoms with van der Waals surface area (Å²) in [6.45, 7) is 1.94. The van der Waals surface area contributed by atoms with Gasteiger partial charge in [-0.1, -0.05) is 31.7 Å². The van der Waals surface area contributed by atoms with Gasteiger partial charge in [-0.05, 0) is 42.0 Å². The molecule has 0 bridgehead atoms. The van der Waals surface area contributed by atoms with Crippen LogP contribution in [0.25, 0.3) is 21.9 Å². The largest absolute Gasteiger partial charge is 0.486 e. The van der Waals surface area contributed by atoms with Gasteiger partial charge in [0.05, 0.1) is 0 Å². The quantitative estimate of drug-likeness (QED) is 0.523. The molecule has 2 heterocycles. The fourth-order valence-corrected chi connectivity index (χ4v) is 3.24. The van der Waals surface area contributed by atoms with E-state index in [0.29, 0.717) is 13.2 Å². The monoisotopic (exact) mass is 347 g/mol. The van der Waals surface area contributed by atoms with Crippen molar-refractivity contribution in [3.8, 4) is 11.5 Å². The molecule has 4 heteroatoms. The van der Waals surface area contributed by atoms with Gasteiger partial charge in [0.15, 0.2) is 11.5 Å². The normalized spacial score (nSPS) is 12.8. The fraction of sp³-hybridized carbons (Fsp3) is 0.182. The Morgan fingerprint density at radius 1 is 0.769 bits per heavy atom. The van der Waals surface area contributed by atoms with Crippen LogP contribution in [-0.2, 0) is 6.54 Å². The standard InChI is InChI=1S/C21H17NO3.CH4/c1-2-4-18-16(3-1)17-12-15(6-8-19(17)25-18)22-13-14-5-7-20-21(11-14)24-10-9-23-20;/h1-8,11-12,22H,9-10,13H2;1H4. The molecule has 0 fully saturated rings. The van der Waals surface area contributed by atoms with Crippen molar-refractivity contribution in [3.05, 3.63) is 66.2 Å². The Morgan fingerprint density at radius 2 is 1.58 bits per heavy atom. The molecule has 0 saturated carbocycles. The lowest BCUT2D eigenvalue weighted by molar-refractivity contribution is 0.171. The number of ether oxygens (including phenoxy) is 2. The summed E-state index contributed by atoms with van der Waals surface area (Å²) in [7, 11) is 0. The summed E-state index contributed by atoms with van der Waals surface area (Å²) in [6.07, 6.45) is 0. The molecule has 0 atom stereocenters. The fourth-order valence-electron chi connectivity index (χ4n) is 3.24. The molecule has 0 unspecified atom stereocenters. The van der Waals surface area contributed by atoms with Gasteiger partial charge >= 0.3 is 0 Å². The molecule has 3 aromatic carbocycles. The Kier molecular flexibility index (Phi) is 4.17. The molecule has 0 amide bonds. The zero-order valence-electron chi connectivity index (χ0n) is 13.6. The summed E-state index contributed by atoms with van der Waals surface area (Å²) < 4.78 is 17.1. The van der Waals surface area contributed by atoms with Gasteiger partial charge in [0, 0.05) is 23.0 Å². The second-order valence-corrected chi connectivity index (χ2v) is 6.14. The number of hydrogen-bond donors (Lipinski definition) is 1. The average molecular weight is 347 g/mol. The molecule has 4 aromatic rings. The zero-order valence-corrected chi connectivity index (χ0v) is 13.6. The number of benzene rings is 3. The van der Waals surface area contributed by atoms with E-state index in [4.69, 9.17) is 13.9 Å². The lowest BCUT2D eigenvalue weighted by atomic mass is 10.1. The van der Waals surface area contributed by atoms with Gasteiger partial charge in [0.25, 0.3) is 0 Å². The van der Waals surface area contributed by atoms with Crippen molar-refractivity contribution >= 4 is 27.6 Å². The third kappa shape index (κ3) is 2.84. The highest BCUT2D eigenvalue weighted by Gasteiger charge is 2.12. The summed E-state index contributed by atoms with van der Waals surface area (Å²) in [5.41, 5.74) is 4.04. The van der Waals surface area contributed by atoms with Gasteiger partial charge in [0.2, 0.25) is 0 Å². The molecule has 4 nitrogen and oxygen atoms in total. The molecular weight excluding hydrogens is 326 g/mol. The average Bonchev–Trinajstić information content (AvgIpc) is 3.04. The highest BCUT2D eigenvalue weighted by Crippen LogP contribution is 2.32. The molecule has 1 aliphatic heterocycles. The summed E-state index contributed by atoms with van der Waals surface area (Å²) in [5.74, 6) is 1.64. The molecule has 5 rings (SSSR count). The van der Waals surface area contributed by atoms with Gasteiger partial charge in [-0.25, -0.2) is 0 Å². The maximum Gasteiger partial charge on any atom is 0.161 e. The van der Waals surface area contributed by atoms with E-state index < -0.39 is 0 Å². The van der Waals surface area contributed by atoms with Crippen LogP contribution in [0.5, 0.6) is 11.5 Å². The molecule has 1 aliphatic rings. The van der Waals surface area contributed by atoms with Crippen LogP contribution in [0.4, 0.5) is 5.69 Å². The van der Waals surface area contributed by atoms with Crippen molar-refractivity contribution in [1.82, 2.24) is 0 Å². The second-order valence-electron chi connectivity index (χ2n) is 6.14. The van der Waals surface area contributed by atoms with E-state index in [0.717, 1.165) is 51.2 Å². The van der Waals surface area contributed by atoms with Crippen molar-refractivity contribution in [2.75, 3.05) is 18.5 Å². The number of nitrogens with one attached hydrogen (secondary N) is 1. The van der Waals surface area contributed by atoms with E-state index in [-0.39, 0.29) is 7.43 Å². The van der Waals surface area contributed by atoms with Crippen LogP contribution in [0.1, 0.15) is 13.0 Å². The van der Waals surface area contributed by atoms with Crippen molar-refractivity contribution in [2.45, 2.75) is 14.0 Å². The molecular formula is C22H21NO3. The van der Waals surface area contributed by atoms with Crippen LogP contribution in [0.2, 0.25) is 0 Å². The molecule has 26 heavy (non-hydrogen) atoms. The van der Waals surface area contributed by atoms with Crippen molar-refractivity contribution in [2.24, 2.45) is 0 Å². The van der Waals surface area contributed by atoms with Gasteiger partial charge in [0.1, 0.15) is 24.4 Å². The topological polar surface area (TPSA) is 43.6 Å².